The number of hydrogen-bond donors (Lipinski definition) is 5. The lowest BCUT2D eigenvalue weighted by Gasteiger charge is -2.39. The van der Waals surface area contributed by atoms with Gasteiger partial charge in [0.25, 0.3) is 0 Å². The molecule has 0 saturated carbocycles. The number of amidine groups is 1. The standard InChI is InChI=1S/C22H27N5O4/c23-12-5-4-11-22(21(30)31,19(29)15-7-6-8-16(13-15)20(25)26)27(18(28)14-24)17-9-2-1-3-10-17/h1-3,6-10,13H,4-5,11-12,14,23-24H2,(H3,25,26)(H,30,31)/t22-/m1/s1. The molecule has 1 atom stereocenters. The number of nitrogens with two attached hydrogens (primary N) is 3. The molecule has 2 rings (SSSR count). The van der Waals surface area contributed by atoms with Crippen molar-refractivity contribution in [2.24, 2.45) is 17.2 Å². The van der Waals surface area contributed by atoms with E-state index >= 15 is 0 Å². The second-order valence-corrected chi connectivity index (χ2v) is 7.00. The molecule has 9 heteroatoms. The second-order valence-electron chi connectivity index (χ2n) is 7.00. The number of nitrogens with one attached hydrogen (secondary N) is 1. The molecule has 0 aliphatic rings. The van der Waals surface area contributed by atoms with Crippen LogP contribution in [0, 0.1) is 5.41 Å². The molecule has 9 nitrogen and oxygen atoms in total. The number of anilines is 1. The minimum Gasteiger partial charge on any atom is -0.479 e. The molecule has 0 heterocycles. The maximum Gasteiger partial charge on any atom is 0.338 e. The Morgan fingerprint density at radius 1 is 0.968 bits per heavy atom. The number of carbonyl (C=O) groups is 3. The van der Waals surface area contributed by atoms with E-state index in [2.05, 4.69) is 0 Å². The monoisotopic (exact) mass is 425 g/mol. The highest BCUT2D eigenvalue weighted by atomic mass is 16.4. The highest BCUT2D eigenvalue weighted by Gasteiger charge is 2.53. The minimum atomic E-state index is -2.25. The van der Waals surface area contributed by atoms with E-state index in [4.69, 9.17) is 22.6 Å². The number of unbranched alkanes of at least 4 members (excludes halogenated alkanes) is 1. The zero-order valence-corrected chi connectivity index (χ0v) is 17.1. The molecule has 0 saturated heterocycles. The van der Waals surface area contributed by atoms with Gasteiger partial charge in [0.15, 0.2) is 5.78 Å². The molecule has 0 fully saturated rings. The molecular weight excluding hydrogens is 398 g/mol. The lowest BCUT2D eigenvalue weighted by atomic mass is 9.81. The van der Waals surface area contributed by atoms with Crippen molar-refractivity contribution < 1.29 is 19.5 Å². The summed E-state index contributed by atoms with van der Waals surface area (Å²) < 4.78 is 0. The van der Waals surface area contributed by atoms with Crippen molar-refractivity contribution in [3.8, 4) is 0 Å². The molecule has 0 bridgehead atoms. The SMILES string of the molecule is N=C(N)c1cccc(C(=O)[C@](CCCCN)(C(=O)O)N(C(=O)CN)c2ccccc2)c1. The Morgan fingerprint density at radius 3 is 2.16 bits per heavy atom. The van der Waals surface area contributed by atoms with E-state index in [9.17, 15) is 19.5 Å². The molecule has 0 aliphatic carbocycles. The van der Waals surface area contributed by atoms with Crippen molar-refractivity contribution >= 4 is 29.2 Å². The van der Waals surface area contributed by atoms with Gasteiger partial charge in [0.1, 0.15) is 5.84 Å². The molecule has 8 N–H and O–H groups in total. The van der Waals surface area contributed by atoms with E-state index in [0.717, 1.165) is 4.90 Å². The highest BCUT2D eigenvalue weighted by molar-refractivity contribution is 6.23. The average molecular weight is 425 g/mol. The quantitative estimate of drug-likeness (QED) is 0.118. The summed E-state index contributed by atoms with van der Waals surface area (Å²) in [4.78, 5) is 40.4. The van der Waals surface area contributed by atoms with Crippen molar-refractivity contribution in [3.63, 3.8) is 0 Å². The fourth-order valence-electron chi connectivity index (χ4n) is 3.46. The number of nitrogen functional groups attached to an aromatic ring is 1. The Labute approximate surface area is 180 Å². The maximum absolute atomic E-state index is 13.8. The van der Waals surface area contributed by atoms with Crippen LogP contribution >= 0.6 is 0 Å². The summed E-state index contributed by atoms with van der Waals surface area (Å²) in [5.74, 6) is -3.26. The topological polar surface area (TPSA) is 177 Å². The number of amides is 1. The van der Waals surface area contributed by atoms with Crippen LogP contribution in [0.2, 0.25) is 0 Å². The van der Waals surface area contributed by atoms with Crippen LogP contribution in [0.25, 0.3) is 0 Å². The zero-order valence-electron chi connectivity index (χ0n) is 17.1. The smallest absolute Gasteiger partial charge is 0.338 e. The van der Waals surface area contributed by atoms with Gasteiger partial charge in [-0.15, -0.1) is 0 Å². The third-order valence-electron chi connectivity index (χ3n) is 4.98. The number of carboxylic acids is 1. The van der Waals surface area contributed by atoms with Crippen molar-refractivity contribution in [1.29, 1.82) is 5.41 Å². The van der Waals surface area contributed by atoms with Gasteiger partial charge in [-0.2, -0.15) is 0 Å². The largest absolute Gasteiger partial charge is 0.479 e. The van der Waals surface area contributed by atoms with Crippen LogP contribution in [-0.4, -0.2) is 47.2 Å². The van der Waals surface area contributed by atoms with Crippen LogP contribution in [0.3, 0.4) is 0 Å². The summed E-state index contributed by atoms with van der Waals surface area (Å²) in [6.07, 6.45) is 0.598. The molecule has 164 valence electrons. The van der Waals surface area contributed by atoms with Crippen molar-refractivity contribution in [3.05, 3.63) is 65.7 Å². The summed E-state index contributed by atoms with van der Waals surface area (Å²) >= 11 is 0. The summed E-state index contributed by atoms with van der Waals surface area (Å²) in [5, 5.41) is 18.0. The average Bonchev–Trinajstić information content (AvgIpc) is 2.78. The van der Waals surface area contributed by atoms with E-state index in [1.165, 1.54) is 24.3 Å². The minimum absolute atomic E-state index is 0.0219. The Morgan fingerprint density at radius 2 is 1.61 bits per heavy atom. The van der Waals surface area contributed by atoms with Crippen LogP contribution in [0.15, 0.2) is 54.6 Å². The van der Waals surface area contributed by atoms with Gasteiger partial charge < -0.3 is 22.3 Å². The van der Waals surface area contributed by atoms with Gasteiger partial charge in [0, 0.05) is 16.8 Å². The Bertz CT molecular complexity index is 963. The molecule has 0 aromatic heterocycles. The van der Waals surface area contributed by atoms with Crippen LogP contribution in [0.4, 0.5) is 5.69 Å². The normalized spacial score (nSPS) is 12.6. The zero-order chi connectivity index (χ0) is 23.0. The molecule has 31 heavy (non-hydrogen) atoms. The van der Waals surface area contributed by atoms with E-state index in [1.54, 1.807) is 30.3 Å². The van der Waals surface area contributed by atoms with Crippen LogP contribution in [0.1, 0.15) is 35.2 Å². The van der Waals surface area contributed by atoms with Gasteiger partial charge in [-0.3, -0.25) is 19.9 Å². The highest BCUT2D eigenvalue weighted by Crippen LogP contribution is 2.33. The molecule has 0 unspecified atom stereocenters. The Balaban J connectivity index is 2.75. The third kappa shape index (κ3) is 4.96. The lowest BCUT2D eigenvalue weighted by molar-refractivity contribution is -0.143. The summed E-state index contributed by atoms with van der Waals surface area (Å²) in [6, 6.07) is 13.9. The molecule has 0 radical (unpaired) electrons. The Hall–Kier alpha value is -3.56. The number of carboxylic acid groups (broad SMARTS) is 1. The summed E-state index contributed by atoms with van der Waals surface area (Å²) in [6.45, 7) is -0.179. The van der Waals surface area contributed by atoms with Gasteiger partial charge in [-0.25, -0.2) is 4.79 Å². The number of ketones is 1. The van der Waals surface area contributed by atoms with E-state index in [-0.39, 0.29) is 29.1 Å². The van der Waals surface area contributed by atoms with E-state index in [0.29, 0.717) is 19.4 Å². The summed E-state index contributed by atoms with van der Waals surface area (Å²) in [5.41, 5.74) is 15.0. The maximum atomic E-state index is 13.8. The second kappa shape index (κ2) is 10.5. The van der Waals surface area contributed by atoms with Gasteiger partial charge >= 0.3 is 5.97 Å². The van der Waals surface area contributed by atoms with E-state index in [1.807, 2.05) is 0 Å². The first-order valence-electron chi connectivity index (χ1n) is 9.80. The van der Waals surface area contributed by atoms with Crippen LogP contribution in [-0.2, 0) is 9.59 Å². The first-order chi connectivity index (χ1) is 14.8. The molecule has 1 amide bonds. The Kier molecular flexibility index (Phi) is 8.00. The molecule has 2 aromatic carbocycles. The van der Waals surface area contributed by atoms with Gasteiger partial charge in [-0.05, 0) is 44.0 Å². The fraction of sp³-hybridized carbons (Fsp3) is 0.273. The van der Waals surface area contributed by atoms with Crippen LogP contribution in [0.5, 0.6) is 0 Å². The molecule has 2 aromatic rings. The molecule has 0 aliphatic heterocycles. The lowest BCUT2D eigenvalue weighted by Crippen LogP contribution is -2.63. The van der Waals surface area contributed by atoms with Crippen molar-refractivity contribution in [2.75, 3.05) is 18.0 Å². The van der Waals surface area contributed by atoms with Crippen molar-refractivity contribution in [2.45, 2.75) is 24.8 Å². The van der Waals surface area contributed by atoms with Gasteiger partial charge in [-0.1, -0.05) is 36.4 Å². The molecular formula is C22H27N5O4. The number of carbonyl (C=O) groups excluding carboxylic acids is 2. The summed E-state index contributed by atoms with van der Waals surface area (Å²) in [7, 11) is 0. The number of Topliss-reactive ketones (excluding diaryl/α,β-unsaturated/α-hetero) is 1. The number of hydrogen-bond acceptors (Lipinski definition) is 6. The predicted octanol–water partition coefficient (Wildman–Crippen LogP) is 1.10. The number of aliphatic carboxylic acids is 1. The number of benzene rings is 2. The first-order valence-corrected chi connectivity index (χ1v) is 9.80. The van der Waals surface area contributed by atoms with Gasteiger partial charge in [0.05, 0.1) is 6.54 Å². The van der Waals surface area contributed by atoms with E-state index < -0.39 is 29.7 Å². The molecule has 0 spiro atoms. The predicted molar refractivity (Wildman–Crippen MR) is 118 cm³/mol. The number of nitrogens with zero attached hydrogens (tertiary/aromatic N) is 1. The number of rotatable bonds is 11. The fourth-order valence-corrected chi connectivity index (χ4v) is 3.46. The third-order valence-corrected chi connectivity index (χ3v) is 4.98. The van der Waals surface area contributed by atoms with Crippen molar-refractivity contribution in [1.82, 2.24) is 0 Å². The van der Waals surface area contributed by atoms with Crippen LogP contribution < -0.4 is 22.1 Å². The first kappa shape index (κ1) is 23.7. The van der Waals surface area contributed by atoms with Gasteiger partial charge in [0.2, 0.25) is 11.4 Å². The number of para-hydroxylation sites is 1.